The van der Waals surface area contributed by atoms with Gasteiger partial charge in [-0.1, -0.05) is 18.2 Å². The van der Waals surface area contributed by atoms with Crippen LogP contribution in [0.5, 0.6) is 0 Å². The summed E-state index contributed by atoms with van der Waals surface area (Å²) >= 11 is 0. The SMILES string of the molecule is CN(Cc1cccc(F)c1)c1ccc2c(c1)NC(=O)C2N. The topological polar surface area (TPSA) is 58.4 Å². The van der Waals surface area contributed by atoms with Gasteiger partial charge in [0.1, 0.15) is 11.9 Å². The molecule has 0 spiro atoms. The molecule has 21 heavy (non-hydrogen) atoms. The summed E-state index contributed by atoms with van der Waals surface area (Å²) in [5.41, 5.74) is 9.17. The first-order chi connectivity index (χ1) is 10.0. The Balaban J connectivity index is 1.81. The summed E-state index contributed by atoms with van der Waals surface area (Å²) in [6.07, 6.45) is 0. The molecule has 1 atom stereocenters. The number of carbonyl (C=O) groups is 1. The molecular weight excluding hydrogens is 269 g/mol. The molecule has 0 saturated heterocycles. The van der Waals surface area contributed by atoms with Gasteiger partial charge in [0.05, 0.1) is 0 Å². The highest BCUT2D eigenvalue weighted by atomic mass is 19.1. The van der Waals surface area contributed by atoms with Gasteiger partial charge in [-0.25, -0.2) is 4.39 Å². The molecule has 3 N–H and O–H groups in total. The van der Waals surface area contributed by atoms with Crippen LogP contribution in [0.25, 0.3) is 0 Å². The van der Waals surface area contributed by atoms with Gasteiger partial charge in [-0.05, 0) is 29.8 Å². The van der Waals surface area contributed by atoms with Crippen LogP contribution in [0.15, 0.2) is 42.5 Å². The van der Waals surface area contributed by atoms with Crippen molar-refractivity contribution in [2.24, 2.45) is 5.73 Å². The lowest BCUT2D eigenvalue weighted by Crippen LogP contribution is -2.19. The Morgan fingerprint density at radius 3 is 2.86 bits per heavy atom. The monoisotopic (exact) mass is 285 g/mol. The number of nitrogens with zero attached hydrogens (tertiary/aromatic N) is 1. The van der Waals surface area contributed by atoms with Crippen molar-refractivity contribution in [2.45, 2.75) is 12.6 Å². The number of halogens is 1. The van der Waals surface area contributed by atoms with E-state index >= 15 is 0 Å². The molecule has 0 aliphatic carbocycles. The maximum atomic E-state index is 13.2. The number of anilines is 2. The van der Waals surface area contributed by atoms with Crippen molar-refractivity contribution in [1.29, 1.82) is 0 Å². The van der Waals surface area contributed by atoms with E-state index in [0.717, 1.165) is 22.5 Å². The third-order valence-corrected chi connectivity index (χ3v) is 3.66. The van der Waals surface area contributed by atoms with Crippen LogP contribution in [0.3, 0.4) is 0 Å². The minimum absolute atomic E-state index is 0.185. The summed E-state index contributed by atoms with van der Waals surface area (Å²) < 4.78 is 13.2. The third-order valence-electron chi connectivity index (χ3n) is 3.66. The first kappa shape index (κ1) is 13.6. The second-order valence-corrected chi connectivity index (χ2v) is 5.22. The molecule has 3 rings (SSSR count). The number of amides is 1. The summed E-state index contributed by atoms with van der Waals surface area (Å²) in [5.74, 6) is -0.428. The number of benzene rings is 2. The second-order valence-electron chi connectivity index (χ2n) is 5.22. The average molecular weight is 285 g/mol. The highest BCUT2D eigenvalue weighted by Gasteiger charge is 2.27. The number of rotatable bonds is 3. The molecule has 0 bridgehead atoms. The van der Waals surface area contributed by atoms with Crippen LogP contribution >= 0.6 is 0 Å². The maximum absolute atomic E-state index is 13.2. The largest absolute Gasteiger partial charge is 0.370 e. The van der Waals surface area contributed by atoms with Crippen molar-refractivity contribution in [3.8, 4) is 0 Å². The first-order valence-corrected chi connectivity index (χ1v) is 6.70. The molecule has 1 heterocycles. The minimum Gasteiger partial charge on any atom is -0.370 e. The molecule has 0 fully saturated rings. The Hall–Kier alpha value is -2.40. The Labute approximate surface area is 122 Å². The van der Waals surface area contributed by atoms with Crippen LogP contribution in [0.2, 0.25) is 0 Å². The molecule has 2 aromatic rings. The van der Waals surface area contributed by atoms with Gasteiger partial charge in [0.25, 0.3) is 0 Å². The molecule has 4 nitrogen and oxygen atoms in total. The molecule has 108 valence electrons. The molecule has 1 unspecified atom stereocenters. The zero-order valence-electron chi connectivity index (χ0n) is 11.6. The van der Waals surface area contributed by atoms with Gasteiger partial charge >= 0.3 is 0 Å². The van der Waals surface area contributed by atoms with Crippen LogP contribution in [-0.4, -0.2) is 13.0 Å². The van der Waals surface area contributed by atoms with E-state index in [1.165, 1.54) is 12.1 Å². The zero-order chi connectivity index (χ0) is 15.0. The third kappa shape index (κ3) is 2.60. The Morgan fingerprint density at radius 2 is 2.10 bits per heavy atom. The van der Waals surface area contributed by atoms with Crippen molar-refractivity contribution < 1.29 is 9.18 Å². The molecule has 1 amide bonds. The van der Waals surface area contributed by atoms with E-state index in [2.05, 4.69) is 5.32 Å². The van der Waals surface area contributed by atoms with E-state index in [9.17, 15) is 9.18 Å². The molecule has 2 aromatic carbocycles. The number of hydrogen-bond donors (Lipinski definition) is 2. The van der Waals surface area contributed by atoms with E-state index in [0.29, 0.717) is 6.54 Å². The van der Waals surface area contributed by atoms with E-state index in [1.807, 2.05) is 36.2 Å². The second kappa shape index (κ2) is 5.18. The molecule has 1 aliphatic rings. The summed E-state index contributed by atoms with van der Waals surface area (Å²) in [4.78, 5) is 13.5. The van der Waals surface area contributed by atoms with Crippen molar-refractivity contribution in [3.63, 3.8) is 0 Å². The summed E-state index contributed by atoms with van der Waals surface area (Å²) in [5, 5.41) is 2.76. The first-order valence-electron chi connectivity index (χ1n) is 6.70. The molecule has 5 heteroatoms. The predicted octanol–water partition coefficient (Wildman–Crippen LogP) is 2.41. The van der Waals surface area contributed by atoms with Gasteiger partial charge in [0.2, 0.25) is 5.91 Å². The van der Waals surface area contributed by atoms with Crippen molar-refractivity contribution in [1.82, 2.24) is 0 Å². The minimum atomic E-state index is -0.595. The Morgan fingerprint density at radius 1 is 1.29 bits per heavy atom. The quantitative estimate of drug-likeness (QED) is 0.910. The molecule has 0 radical (unpaired) electrons. The lowest BCUT2D eigenvalue weighted by molar-refractivity contribution is -0.116. The zero-order valence-corrected chi connectivity index (χ0v) is 11.6. The average Bonchev–Trinajstić information content (AvgIpc) is 2.73. The fraction of sp³-hybridized carbons (Fsp3) is 0.188. The van der Waals surface area contributed by atoms with Crippen molar-refractivity contribution >= 4 is 17.3 Å². The van der Waals surface area contributed by atoms with Crippen LogP contribution in [0.4, 0.5) is 15.8 Å². The van der Waals surface area contributed by atoms with Crippen molar-refractivity contribution in [2.75, 3.05) is 17.3 Å². The van der Waals surface area contributed by atoms with E-state index in [1.54, 1.807) is 6.07 Å². The van der Waals surface area contributed by atoms with Gasteiger partial charge in [-0.2, -0.15) is 0 Å². The van der Waals surface area contributed by atoms with E-state index in [-0.39, 0.29) is 11.7 Å². The van der Waals surface area contributed by atoms with Gasteiger partial charge in [0.15, 0.2) is 0 Å². The smallest absolute Gasteiger partial charge is 0.245 e. The lowest BCUT2D eigenvalue weighted by Gasteiger charge is -2.20. The summed E-state index contributed by atoms with van der Waals surface area (Å²) in [6.45, 7) is 0.580. The number of nitrogens with two attached hydrogens (primary N) is 1. The van der Waals surface area contributed by atoms with Crippen LogP contribution in [-0.2, 0) is 11.3 Å². The fourth-order valence-corrected chi connectivity index (χ4v) is 2.51. The number of fused-ring (bicyclic) bond motifs is 1. The standard InChI is InChI=1S/C16H16FN3O/c1-20(9-10-3-2-4-11(17)7-10)12-5-6-13-14(8-12)19-16(21)15(13)18/h2-8,15H,9,18H2,1H3,(H,19,21). The normalized spacial score (nSPS) is 16.5. The van der Waals surface area contributed by atoms with Crippen LogP contribution in [0.1, 0.15) is 17.2 Å². The highest BCUT2D eigenvalue weighted by Crippen LogP contribution is 2.32. The molecule has 0 saturated carbocycles. The fourth-order valence-electron chi connectivity index (χ4n) is 2.51. The predicted molar refractivity (Wildman–Crippen MR) is 80.5 cm³/mol. The molecule has 1 aliphatic heterocycles. The summed E-state index contributed by atoms with van der Waals surface area (Å²) in [7, 11) is 1.92. The van der Waals surface area contributed by atoms with Gasteiger partial charge in [-0.15, -0.1) is 0 Å². The summed E-state index contributed by atoms with van der Waals surface area (Å²) in [6, 6.07) is 11.6. The Kier molecular flexibility index (Phi) is 3.35. The lowest BCUT2D eigenvalue weighted by atomic mass is 10.1. The highest BCUT2D eigenvalue weighted by molar-refractivity contribution is 6.02. The molecule has 0 aromatic heterocycles. The van der Waals surface area contributed by atoms with Crippen LogP contribution in [0, 0.1) is 5.82 Å². The number of carbonyl (C=O) groups excluding carboxylic acids is 1. The number of nitrogens with one attached hydrogen (secondary N) is 1. The van der Waals surface area contributed by atoms with Gasteiger partial charge in [0, 0.05) is 30.5 Å². The van der Waals surface area contributed by atoms with Crippen LogP contribution < -0.4 is 16.0 Å². The van der Waals surface area contributed by atoms with Gasteiger partial charge in [-0.3, -0.25) is 4.79 Å². The van der Waals surface area contributed by atoms with E-state index in [4.69, 9.17) is 5.73 Å². The number of hydrogen-bond acceptors (Lipinski definition) is 3. The maximum Gasteiger partial charge on any atom is 0.245 e. The Bertz CT molecular complexity index is 702. The van der Waals surface area contributed by atoms with Crippen molar-refractivity contribution in [3.05, 3.63) is 59.4 Å². The van der Waals surface area contributed by atoms with E-state index < -0.39 is 6.04 Å². The van der Waals surface area contributed by atoms with Gasteiger partial charge < -0.3 is 16.0 Å². The molecular formula is C16H16FN3O.